The van der Waals surface area contributed by atoms with E-state index in [0.29, 0.717) is 43.2 Å². The van der Waals surface area contributed by atoms with E-state index >= 15 is 0 Å². The number of rotatable bonds is 7. The molecule has 1 aliphatic rings. The van der Waals surface area contributed by atoms with Crippen LogP contribution in [-0.4, -0.2) is 52.1 Å². The number of methoxy groups -OCH3 is 1. The topological polar surface area (TPSA) is 87.2 Å². The zero-order valence-corrected chi connectivity index (χ0v) is 22.5. The molecule has 0 saturated carbocycles. The van der Waals surface area contributed by atoms with E-state index in [9.17, 15) is 9.59 Å². The lowest BCUT2D eigenvalue weighted by atomic mass is 10.0. The van der Waals surface area contributed by atoms with Gasteiger partial charge in [0.1, 0.15) is 19.0 Å². The molecule has 0 amide bonds. The lowest BCUT2D eigenvalue weighted by molar-refractivity contribution is -0.153. The van der Waals surface area contributed by atoms with Crippen molar-refractivity contribution in [2.24, 2.45) is 0 Å². The smallest absolute Gasteiger partial charge is 0.371 e. The van der Waals surface area contributed by atoms with Crippen molar-refractivity contribution in [1.29, 1.82) is 0 Å². The number of hydrogen-bond acceptors (Lipinski definition) is 7. The predicted molar refractivity (Wildman–Crippen MR) is 143 cm³/mol. The van der Waals surface area contributed by atoms with E-state index in [-0.39, 0.29) is 19.6 Å². The first-order valence-corrected chi connectivity index (χ1v) is 12.8. The summed E-state index contributed by atoms with van der Waals surface area (Å²) >= 11 is 0. The van der Waals surface area contributed by atoms with Crippen LogP contribution in [0.25, 0.3) is 22.1 Å². The van der Waals surface area contributed by atoms with Gasteiger partial charge in [-0.1, -0.05) is 70.2 Å². The van der Waals surface area contributed by atoms with E-state index in [1.54, 1.807) is 0 Å². The second-order valence-corrected chi connectivity index (χ2v) is 7.45. The summed E-state index contributed by atoms with van der Waals surface area (Å²) in [6, 6.07) is 17.6. The average Bonchev–Trinajstić information content (AvgIpc) is 2.98. The molecular weight excluding hydrogens is 474 g/mol. The maximum atomic E-state index is 11.9. The quantitative estimate of drug-likeness (QED) is 0.256. The van der Waals surface area contributed by atoms with Gasteiger partial charge in [-0.2, -0.15) is 4.58 Å². The number of hydrogen-bond donors (Lipinski definition) is 0. The molecule has 1 fully saturated rings. The van der Waals surface area contributed by atoms with E-state index in [1.165, 1.54) is 7.11 Å². The summed E-state index contributed by atoms with van der Waals surface area (Å²) in [6.45, 7) is 10.3. The summed E-state index contributed by atoms with van der Waals surface area (Å²) < 4.78 is 29.5. The number of fused-ring (bicyclic) bond motifs is 1. The maximum absolute atomic E-state index is 11.9. The SMILES string of the molecule is CC.CC.COC(=O)CCC(=O)OCOc1cc(=[N+]2CCOCC2)oc2c(-c3ccccc3)cccc12. The fourth-order valence-corrected chi connectivity index (χ4v) is 3.61. The van der Waals surface area contributed by atoms with Gasteiger partial charge in [-0.3, -0.25) is 9.59 Å². The molecule has 1 aliphatic heterocycles. The van der Waals surface area contributed by atoms with Crippen molar-refractivity contribution in [1.82, 2.24) is 4.58 Å². The number of morpholine rings is 1. The molecule has 200 valence electrons. The van der Waals surface area contributed by atoms with Gasteiger partial charge in [0.15, 0.2) is 18.7 Å². The Balaban J connectivity index is 0.00000115. The minimum atomic E-state index is -0.538. The van der Waals surface area contributed by atoms with E-state index in [1.807, 2.05) is 82.3 Å². The van der Waals surface area contributed by atoms with Crippen LogP contribution in [-0.2, 0) is 23.8 Å². The summed E-state index contributed by atoms with van der Waals surface area (Å²) in [4.78, 5) is 23.1. The van der Waals surface area contributed by atoms with Crippen LogP contribution in [0.4, 0.5) is 0 Å². The Morgan fingerprint density at radius 3 is 2.24 bits per heavy atom. The lowest BCUT2D eigenvalue weighted by Gasteiger charge is -2.13. The number of para-hydroxylation sites is 1. The molecule has 2 aromatic carbocycles. The van der Waals surface area contributed by atoms with Crippen molar-refractivity contribution in [2.75, 3.05) is 40.2 Å². The molecule has 0 spiro atoms. The number of carbonyl (C=O) groups is 2. The van der Waals surface area contributed by atoms with Crippen LogP contribution < -0.4 is 14.9 Å². The third-order valence-corrected chi connectivity index (χ3v) is 5.34. The summed E-state index contributed by atoms with van der Waals surface area (Å²) in [6.07, 6.45) is -0.109. The highest BCUT2D eigenvalue weighted by molar-refractivity contribution is 5.95. The van der Waals surface area contributed by atoms with Crippen LogP contribution in [0.1, 0.15) is 40.5 Å². The molecule has 8 nitrogen and oxygen atoms in total. The normalized spacial score (nSPS) is 12.4. The first-order valence-electron chi connectivity index (χ1n) is 12.8. The Labute approximate surface area is 218 Å². The number of ether oxygens (including phenoxy) is 4. The highest BCUT2D eigenvalue weighted by atomic mass is 16.7. The van der Waals surface area contributed by atoms with Crippen molar-refractivity contribution in [2.45, 2.75) is 40.5 Å². The van der Waals surface area contributed by atoms with Gasteiger partial charge in [0.05, 0.1) is 31.4 Å². The van der Waals surface area contributed by atoms with Gasteiger partial charge >= 0.3 is 17.5 Å². The Bertz CT molecular complexity index is 1190. The molecule has 0 radical (unpaired) electrons. The molecule has 8 heteroatoms. The maximum Gasteiger partial charge on any atom is 0.371 e. The first-order chi connectivity index (χ1) is 18.2. The van der Waals surface area contributed by atoms with Gasteiger partial charge < -0.3 is 23.4 Å². The second-order valence-electron chi connectivity index (χ2n) is 7.45. The highest BCUT2D eigenvalue weighted by Crippen LogP contribution is 2.32. The summed E-state index contributed by atoms with van der Waals surface area (Å²) in [7, 11) is 1.28. The Hall–Kier alpha value is -3.65. The Morgan fingerprint density at radius 1 is 0.892 bits per heavy atom. The molecule has 3 aromatic rings. The van der Waals surface area contributed by atoms with Crippen molar-refractivity contribution in [3.63, 3.8) is 0 Å². The van der Waals surface area contributed by atoms with Crippen molar-refractivity contribution >= 4 is 22.9 Å². The van der Waals surface area contributed by atoms with E-state index < -0.39 is 11.9 Å². The number of esters is 2. The molecule has 0 aliphatic carbocycles. The Kier molecular flexibility index (Phi) is 12.9. The molecule has 0 unspecified atom stereocenters. The fraction of sp³-hybridized carbons (Fsp3) is 0.414. The minimum Gasteiger partial charge on any atom is -0.469 e. The second kappa shape index (κ2) is 16.2. The monoisotopic (exact) mass is 512 g/mol. The van der Waals surface area contributed by atoms with Crippen LogP contribution in [0.15, 0.2) is 59.0 Å². The molecule has 1 saturated heterocycles. The molecule has 4 rings (SSSR count). The largest absolute Gasteiger partial charge is 0.469 e. The van der Waals surface area contributed by atoms with Gasteiger partial charge in [-0.25, -0.2) is 0 Å². The standard InChI is InChI=1S/C25H26NO7.2C2H6/c1-29-23(27)10-11-24(28)32-17-31-21-16-22(26-12-14-30-15-13-26)33-25-19(8-5-9-20(21)25)18-6-3-2-4-7-18;2*1-2/h2-9,16H,10-15,17H2,1H3;2*1-2H3/q+1;;. The highest BCUT2D eigenvalue weighted by Gasteiger charge is 2.18. The molecule has 0 bridgehead atoms. The molecule has 2 heterocycles. The zero-order chi connectivity index (χ0) is 27.0. The average molecular weight is 513 g/mol. The third kappa shape index (κ3) is 8.46. The van der Waals surface area contributed by atoms with Crippen molar-refractivity contribution < 1.29 is 33.0 Å². The van der Waals surface area contributed by atoms with Crippen LogP contribution in [0.2, 0.25) is 0 Å². The van der Waals surface area contributed by atoms with Crippen molar-refractivity contribution in [3.8, 4) is 16.9 Å². The lowest BCUT2D eigenvalue weighted by Crippen LogP contribution is -2.39. The fourth-order valence-electron chi connectivity index (χ4n) is 3.61. The molecule has 0 N–H and O–H groups in total. The minimum absolute atomic E-state index is 0.0376. The van der Waals surface area contributed by atoms with Gasteiger partial charge in [0.25, 0.3) is 0 Å². The number of benzene rings is 2. The summed E-state index contributed by atoms with van der Waals surface area (Å²) in [5, 5.41) is 0.763. The Morgan fingerprint density at radius 2 is 1.57 bits per heavy atom. The number of nitrogens with zero attached hydrogens (tertiary/aromatic N) is 1. The summed E-state index contributed by atoms with van der Waals surface area (Å²) in [5.74, 6) is -0.466. The van der Waals surface area contributed by atoms with Crippen LogP contribution in [0.3, 0.4) is 0 Å². The zero-order valence-electron chi connectivity index (χ0n) is 22.5. The molecular formula is C29H38NO7+. The van der Waals surface area contributed by atoms with Gasteiger partial charge in [0.2, 0.25) is 6.79 Å². The van der Waals surface area contributed by atoms with Crippen LogP contribution in [0.5, 0.6) is 5.75 Å². The molecule has 1 aromatic heterocycles. The van der Waals surface area contributed by atoms with Gasteiger partial charge in [-0.05, 0) is 11.6 Å². The van der Waals surface area contributed by atoms with Crippen molar-refractivity contribution in [3.05, 3.63) is 60.2 Å². The summed E-state index contributed by atoms with van der Waals surface area (Å²) in [5.41, 5.74) is 3.29. The van der Waals surface area contributed by atoms with E-state index in [2.05, 4.69) is 9.31 Å². The molecule has 0 atom stereocenters. The van der Waals surface area contributed by atoms with Gasteiger partial charge in [-0.15, -0.1) is 0 Å². The van der Waals surface area contributed by atoms with Crippen LogP contribution >= 0.6 is 0 Å². The van der Waals surface area contributed by atoms with Crippen LogP contribution in [0, 0.1) is 0 Å². The number of carbonyl (C=O) groups excluding carboxylic acids is 2. The molecule has 37 heavy (non-hydrogen) atoms. The predicted octanol–water partition coefficient (Wildman–Crippen LogP) is 4.79. The third-order valence-electron chi connectivity index (χ3n) is 5.34. The van der Waals surface area contributed by atoms with Gasteiger partial charge in [0, 0.05) is 5.56 Å². The van der Waals surface area contributed by atoms with E-state index in [4.69, 9.17) is 18.6 Å². The first kappa shape index (κ1) is 29.6. The van der Waals surface area contributed by atoms with E-state index in [0.717, 1.165) is 16.5 Å².